The van der Waals surface area contributed by atoms with Crippen LogP contribution in [0.2, 0.25) is 0 Å². The molecule has 2 heterocycles. The van der Waals surface area contributed by atoms with E-state index < -0.39 is 0 Å². The molecule has 2 heteroatoms. The van der Waals surface area contributed by atoms with Crippen LogP contribution in [0.5, 0.6) is 0 Å². The lowest BCUT2D eigenvalue weighted by Crippen LogP contribution is -1.99. The van der Waals surface area contributed by atoms with Crippen molar-refractivity contribution in [3.63, 3.8) is 0 Å². The lowest BCUT2D eigenvalue weighted by molar-refractivity contribution is 1.20. The van der Waals surface area contributed by atoms with Crippen LogP contribution in [0, 0.1) is 0 Å². The molecule has 216 valence electrons. The highest BCUT2D eigenvalue weighted by Crippen LogP contribution is 2.47. The second-order valence-electron chi connectivity index (χ2n) is 12.7. The smallest absolute Gasteiger partial charge is 0.0725 e. The van der Waals surface area contributed by atoms with Gasteiger partial charge >= 0.3 is 0 Å². The van der Waals surface area contributed by atoms with Crippen LogP contribution in [0.3, 0.4) is 0 Å². The largest absolute Gasteiger partial charge is 0.306 e. The van der Waals surface area contributed by atoms with Crippen LogP contribution in [-0.4, -0.2) is 9.55 Å². The van der Waals surface area contributed by atoms with Crippen LogP contribution in [-0.2, 0) is 0 Å². The van der Waals surface area contributed by atoms with Crippen molar-refractivity contribution in [3.05, 3.63) is 158 Å². The molecule has 11 aromatic rings. The molecule has 0 aliphatic rings. The number of hydrogen-bond donors (Lipinski definition) is 0. The fourth-order valence-corrected chi connectivity index (χ4v) is 8.48. The molecule has 0 saturated heterocycles. The van der Waals surface area contributed by atoms with Crippen molar-refractivity contribution in [1.29, 1.82) is 0 Å². The highest BCUT2D eigenvalue weighted by Gasteiger charge is 2.23. The summed E-state index contributed by atoms with van der Waals surface area (Å²) in [6, 6.07) is 53.7. The first kappa shape index (κ1) is 25.0. The third kappa shape index (κ3) is 3.26. The van der Waals surface area contributed by atoms with E-state index in [1.165, 1.54) is 97.7 Å². The number of rotatable bonds is 2. The fraction of sp³-hybridized carbons (Fsp3) is 0. The zero-order valence-corrected chi connectivity index (χ0v) is 25.4. The first-order valence-corrected chi connectivity index (χ1v) is 16.2. The molecule has 0 fully saturated rings. The van der Waals surface area contributed by atoms with Gasteiger partial charge in [-0.3, -0.25) is 4.98 Å². The maximum atomic E-state index is 4.70. The molecule has 0 spiro atoms. The third-order valence-electron chi connectivity index (χ3n) is 10.4. The van der Waals surface area contributed by atoms with E-state index in [-0.39, 0.29) is 0 Å². The quantitative estimate of drug-likeness (QED) is 0.144. The minimum atomic E-state index is 1.12. The van der Waals surface area contributed by atoms with E-state index in [0.29, 0.717) is 0 Å². The van der Waals surface area contributed by atoms with Crippen molar-refractivity contribution >= 4 is 86.4 Å². The Morgan fingerprint density at radius 3 is 1.79 bits per heavy atom. The molecule has 0 amide bonds. The van der Waals surface area contributed by atoms with Crippen LogP contribution in [0.1, 0.15) is 0 Å². The van der Waals surface area contributed by atoms with E-state index in [9.17, 15) is 0 Å². The SMILES string of the molecule is c1ccc2c(-c3c4ccccc4c(-n4c5cnccc5c5c6ccc7cccc8ccc(cc54)c6c87)c4ccccc34)cccc2c1. The molecule has 47 heavy (non-hydrogen) atoms. The van der Waals surface area contributed by atoms with Gasteiger partial charge in [-0.2, -0.15) is 0 Å². The third-order valence-corrected chi connectivity index (χ3v) is 10.4. The summed E-state index contributed by atoms with van der Waals surface area (Å²) in [7, 11) is 0. The molecule has 2 nitrogen and oxygen atoms in total. The molecule has 0 aliphatic heterocycles. The summed E-state index contributed by atoms with van der Waals surface area (Å²) in [4.78, 5) is 4.70. The first-order valence-electron chi connectivity index (χ1n) is 16.2. The molecule has 0 radical (unpaired) electrons. The zero-order chi connectivity index (χ0) is 30.6. The van der Waals surface area contributed by atoms with Crippen molar-refractivity contribution in [3.8, 4) is 16.8 Å². The summed E-state index contributed by atoms with van der Waals surface area (Å²) in [6.45, 7) is 0. The summed E-state index contributed by atoms with van der Waals surface area (Å²) in [5.74, 6) is 0. The van der Waals surface area contributed by atoms with E-state index in [1.807, 2.05) is 12.4 Å². The first-order chi connectivity index (χ1) is 23.3. The van der Waals surface area contributed by atoms with E-state index in [4.69, 9.17) is 4.98 Å². The van der Waals surface area contributed by atoms with Crippen LogP contribution in [0.4, 0.5) is 0 Å². The van der Waals surface area contributed by atoms with Crippen molar-refractivity contribution in [2.75, 3.05) is 0 Å². The van der Waals surface area contributed by atoms with E-state index in [0.717, 1.165) is 5.52 Å². The molecule has 0 saturated carbocycles. The normalized spacial score (nSPS) is 12.3. The lowest BCUT2D eigenvalue weighted by atomic mass is 9.88. The zero-order valence-electron chi connectivity index (χ0n) is 25.4. The van der Waals surface area contributed by atoms with Crippen molar-refractivity contribution in [1.82, 2.24) is 9.55 Å². The molecule has 0 aliphatic carbocycles. The van der Waals surface area contributed by atoms with Gasteiger partial charge in [-0.05, 0) is 77.1 Å². The topological polar surface area (TPSA) is 17.8 Å². The Morgan fingerprint density at radius 2 is 1.00 bits per heavy atom. The molecule has 2 aromatic heterocycles. The lowest BCUT2D eigenvalue weighted by Gasteiger charge is -2.20. The predicted octanol–water partition coefficient (Wildman–Crippen LogP) is 12.2. The molecule has 0 N–H and O–H groups in total. The van der Waals surface area contributed by atoms with E-state index in [1.54, 1.807) is 0 Å². The average Bonchev–Trinajstić information content (AvgIpc) is 3.46. The van der Waals surface area contributed by atoms with Gasteiger partial charge in [0.2, 0.25) is 0 Å². The molecular formula is C45H26N2. The number of benzene rings is 9. The highest BCUT2D eigenvalue weighted by atomic mass is 15.0. The minimum absolute atomic E-state index is 1.12. The Kier molecular flexibility index (Phi) is 4.87. The predicted molar refractivity (Wildman–Crippen MR) is 200 cm³/mol. The second-order valence-corrected chi connectivity index (χ2v) is 12.7. The summed E-state index contributed by atoms with van der Waals surface area (Å²) in [5, 5.41) is 17.7. The highest BCUT2D eigenvalue weighted by molar-refractivity contribution is 6.33. The fourth-order valence-electron chi connectivity index (χ4n) is 8.48. The molecule has 0 bridgehead atoms. The Morgan fingerprint density at radius 1 is 0.383 bits per heavy atom. The van der Waals surface area contributed by atoms with Crippen molar-refractivity contribution in [2.45, 2.75) is 0 Å². The molecule has 0 atom stereocenters. The second kappa shape index (κ2) is 9.15. The Hall–Kier alpha value is -6.25. The van der Waals surface area contributed by atoms with Gasteiger partial charge < -0.3 is 4.57 Å². The Labute approximate surface area is 270 Å². The number of fused-ring (bicyclic) bond motifs is 7. The Bertz CT molecular complexity index is 2990. The average molecular weight is 595 g/mol. The maximum Gasteiger partial charge on any atom is 0.0725 e. The number of aromatic nitrogens is 2. The molecule has 11 rings (SSSR count). The Balaban J connectivity index is 1.36. The van der Waals surface area contributed by atoms with E-state index in [2.05, 4.69) is 150 Å². The minimum Gasteiger partial charge on any atom is -0.306 e. The summed E-state index contributed by atoms with van der Waals surface area (Å²) in [5.41, 5.74) is 6.05. The van der Waals surface area contributed by atoms with Gasteiger partial charge in [-0.1, -0.05) is 133 Å². The molecule has 9 aromatic carbocycles. The van der Waals surface area contributed by atoms with Gasteiger partial charge in [0.1, 0.15) is 0 Å². The standard InChI is InChI=1S/C45H26N2/c1-2-13-31-27(9-1)10-8-18-32(31)43-33-14-3-5-16-35(33)45(36-17-6-4-15-34(36)43)47-39-25-30-20-19-28-11-7-12-29-21-22-38(42(30)41(28)29)44(39)37-23-24-46-26-40(37)47/h1-26H. The maximum absolute atomic E-state index is 4.70. The molecular weight excluding hydrogens is 569 g/mol. The van der Waals surface area contributed by atoms with Gasteiger partial charge in [0.05, 0.1) is 22.9 Å². The van der Waals surface area contributed by atoms with Crippen LogP contribution < -0.4 is 0 Å². The van der Waals surface area contributed by atoms with Crippen LogP contribution in [0.25, 0.3) is 103 Å². The van der Waals surface area contributed by atoms with Gasteiger partial charge in [0.25, 0.3) is 0 Å². The molecule has 0 unspecified atom stereocenters. The van der Waals surface area contributed by atoms with Gasteiger partial charge in [0.15, 0.2) is 0 Å². The number of hydrogen-bond acceptors (Lipinski definition) is 1. The number of pyridine rings is 1. The van der Waals surface area contributed by atoms with Gasteiger partial charge in [-0.15, -0.1) is 0 Å². The summed E-state index contributed by atoms with van der Waals surface area (Å²) >= 11 is 0. The van der Waals surface area contributed by atoms with Gasteiger partial charge in [-0.25, -0.2) is 0 Å². The van der Waals surface area contributed by atoms with Gasteiger partial charge in [0, 0.05) is 27.7 Å². The number of nitrogens with zero attached hydrogens (tertiary/aromatic N) is 2. The van der Waals surface area contributed by atoms with Crippen molar-refractivity contribution < 1.29 is 0 Å². The van der Waals surface area contributed by atoms with Crippen LogP contribution in [0.15, 0.2) is 158 Å². The van der Waals surface area contributed by atoms with E-state index >= 15 is 0 Å². The summed E-state index contributed by atoms with van der Waals surface area (Å²) in [6.07, 6.45) is 3.98. The van der Waals surface area contributed by atoms with Crippen molar-refractivity contribution in [2.24, 2.45) is 0 Å². The monoisotopic (exact) mass is 594 g/mol. The van der Waals surface area contributed by atoms with Crippen LogP contribution >= 0.6 is 0 Å². The summed E-state index contributed by atoms with van der Waals surface area (Å²) < 4.78 is 2.49.